The second kappa shape index (κ2) is 18.3. The highest BCUT2D eigenvalue weighted by molar-refractivity contribution is 6.32. The van der Waals surface area contributed by atoms with E-state index in [1.807, 2.05) is 20.8 Å². The number of hydrogen-bond acceptors (Lipinski definition) is 12. The molecule has 1 heterocycles. The van der Waals surface area contributed by atoms with Crippen LogP contribution in [0.3, 0.4) is 0 Å². The number of ether oxygens (including phenoxy) is 6. The summed E-state index contributed by atoms with van der Waals surface area (Å²) >= 11 is 6.44. The number of nitrogens with one attached hydrogen (secondary N) is 1. The first kappa shape index (κ1) is 39.0. The molecule has 0 radical (unpaired) electrons. The molecule has 1 fully saturated rings. The van der Waals surface area contributed by atoms with Gasteiger partial charge in [0.2, 0.25) is 0 Å². The number of methoxy groups -OCH3 is 2. The molecule has 1 amide bonds. The third-order valence-corrected chi connectivity index (χ3v) is 7.68. The summed E-state index contributed by atoms with van der Waals surface area (Å²) in [7, 11) is 2.67. The third-order valence-electron chi connectivity index (χ3n) is 7.38. The van der Waals surface area contributed by atoms with E-state index in [9.17, 15) is 29.7 Å². The highest BCUT2D eigenvalue weighted by atomic mass is 35.5. The lowest BCUT2D eigenvalue weighted by molar-refractivity contribution is -0.261. The zero-order chi connectivity index (χ0) is 35.4. The lowest BCUT2D eigenvalue weighted by Gasteiger charge is -2.41. The van der Waals surface area contributed by atoms with Gasteiger partial charge in [0.25, 0.3) is 5.91 Å². The van der Waals surface area contributed by atoms with Crippen molar-refractivity contribution in [3.63, 3.8) is 0 Å². The molecule has 266 valence electrons. The highest BCUT2D eigenvalue weighted by Gasteiger charge is 2.45. The minimum atomic E-state index is -1.49. The van der Waals surface area contributed by atoms with Crippen molar-refractivity contribution in [3.05, 3.63) is 52.5 Å². The molecular weight excluding hydrogens is 650 g/mol. The molecule has 1 saturated heterocycles. The lowest BCUT2D eigenvalue weighted by atomic mass is 9.96. The zero-order valence-electron chi connectivity index (χ0n) is 27.9. The van der Waals surface area contributed by atoms with Crippen LogP contribution in [0.15, 0.2) is 36.4 Å². The summed E-state index contributed by atoms with van der Waals surface area (Å²) in [6.07, 6.45) is -2.39. The Kier molecular flexibility index (Phi) is 14.9. The van der Waals surface area contributed by atoms with Crippen molar-refractivity contribution < 1.29 is 58.1 Å². The van der Waals surface area contributed by atoms with E-state index in [1.54, 1.807) is 24.3 Å². The first-order chi connectivity index (χ1) is 22.8. The van der Waals surface area contributed by atoms with Crippen molar-refractivity contribution in [2.24, 2.45) is 0 Å². The van der Waals surface area contributed by atoms with Crippen LogP contribution in [0.25, 0.3) is 0 Å². The Hall–Kier alpha value is -3.46. The van der Waals surface area contributed by atoms with Crippen LogP contribution in [0, 0.1) is 0 Å². The van der Waals surface area contributed by atoms with Crippen LogP contribution in [0.4, 0.5) is 0 Å². The summed E-state index contributed by atoms with van der Waals surface area (Å²) in [5, 5.41) is 32.9. The molecule has 0 bridgehead atoms. The van der Waals surface area contributed by atoms with E-state index in [4.69, 9.17) is 40.0 Å². The van der Waals surface area contributed by atoms with E-state index in [-0.39, 0.29) is 47.1 Å². The number of rotatable bonds is 17. The molecular formula is C34H46ClNO12. The number of unbranched alkanes of at least 4 members (excludes halogenated alkanes) is 2. The molecule has 2 aromatic rings. The van der Waals surface area contributed by atoms with Crippen molar-refractivity contribution in [1.29, 1.82) is 0 Å². The highest BCUT2D eigenvalue weighted by Crippen LogP contribution is 2.34. The number of aliphatic hydroxyl groups excluding tert-OH is 3. The number of esters is 1. The van der Waals surface area contributed by atoms with E-state index in [1.165, 1.54) is 26.4 Å². The van der Waals surface area contributed by atoms with Crippen LogP contribution in [-0.2, 0) is 30.4 Å². The van der Waals surface area contributed by atoms with Crippen molar-refractivity contribution in [3.8, 4) is 17.2 Å². The first-order valence-electron chi connectivity index (χ1n) is 15.7. The van der Waals surface area contributed by atoms with E-state index in [2.05, 4.69) is 5.32 Å². The maximum Gasteiger partial charge on any atom is 0.306 e. The average molecular weight is 696 g/mol. The molecule has 0 spiro atoms. The number of Topliss-reactive ketones (excluding diaryl/α,β-unsaturated/α-hetero) is 1. The summed E-state index contributed by atoms with van der Waals surface area (Å²) in [5.41, 5.74) is 0.319. The van der Waals surface area contributed by atoms with Gasteiger partial charge in [0.15, 0.2) is 12.1 Å². The molecule has 2 aromatic carbocycles. The molecule has 1 aliphatic heterocycles. The van der Waals surface area contributed by atoms with Crippen molar-refractivity contribution in [2.45, 2.75) is 95.7 Å². The second-order valence-electron chi connectivity index (χ2n) is 12.3. The molecule has 1 aliphatic rings. The largest absolute Gasteiger partial charge is 0.496 e. The van der Waals surface area contributed by atoms with Crippen LogP contribution in [0.2, 0.25) is 5.02 Å². The Balaban J connectivity index is 1.48. The van der Waals surface area contributed by atoms with Gasteiger partial charge in [-0.05, 0) is 57.4 Å². The standard InChI is InChI=1S/C34H46ClNO12/c1-34(2,3)48-28(39)10-8-6-7-9-21(38)19-45-22-13-11-20(12-14-22)18-46-26-16-25(43-4)23(15-24(26)35)32(42)36-29-31(41)30(40)27(17-37)47-33(29)44-5/h11-16,27,29-31,33,37,40-41H,6-10,17-19H2,1-5H3,(H,36,42)/t27-,29-,30-,31-,33+/m1/s1. The van der Waals surface area contributed by atoms with Crippen molar-refractivity contribution in [2.75, 3.05) is 27.4 Å². The first-order valence-corrected chi connectivity index (χ1v) is 16.1. The Bertz CT molecular complexity index is 1360. The summed E-state index contributed by atoms with van der Waals surface area (Å²) in [5.74, 6) is -0.0401. The minimum Gasteiger partial charge on any atom is -0.496 e. The number of benzene rings is 2. The van der Waals surface area contributed by atoms with Gasteiger partial charge in [0.1, 0.15) is 60.4 Å². The monoisotopic (exact) mass is 695 g/mol. The van der Waals surface area contributed by atoms with E-state index >= 15 is 0 Å². The molecule has 4 N–H and O–H groups in total. The van der Waals surface area contributed by atoms with Crippen LogP contribution in [0.5, 0.6) is 17.2 Å². The van der Waals surface area contributed by atoms with Gasteiger partial charge >= 0.3 is 5.97 Å². The van der Waals surface area contributed by atoms with E-state index in [0.29, 0.717) is 31.4 Å². The zero-order valence-corrected chi connectivity index (χ0v) is 28.7. The van der Waals surface area contributed by atoms with Gasteiger partial charge in [0, 0.05) is 26.0 Å². The lowest BCUT2D eigenvalue weighted by Crippen LogP contribution is -2.64. The smallest absolute Gasteiger partial charge is 0.306 e. The number of halogens is 1. The summed E-state index contributed by atoms with van der Waals surface area (Å²) < 4.78 is 32.8. The fourth-order valence-corrected chi connectivity index (χ4v) is 5.12. The van der Waals surface area contributed by atoms with Gasteiger partial charge in [-0.2, -0.15) is 0 Å². The van der Waals surface area contributed by atoms with E-state index in [0.717, 1.165) is 12.0 Å². The maximum atomic E-state index is 13.2. The Morgan fingerprint density at radius 3 is 2.25 bits per heavy atom. The molecule has 5 atom stereocenters. The average Bonchev–Trinajstić information content (AvgIpc) is 3.04. The molecule has 48 heavy (non-hydrogen) atoms. The summed E-state index contributed by atoms with van der Waals surface area (Å²) in [6.45, 7) is 5.01. The molecule has 13 nitrogen and oxygen atoms in total. The fraction of sp³-hybridized carbons (Fsp3) is 0.559. The van der Waals surface area contributed by atoms with Gasteiger partial charge in [0.05, 0.1) is 24.3 Å². The topological polar surface area (TPSA) is 179 Å². The minimum absolute atomic E-state index is 0.0323. The van der Waals surface area contributed by atoms with Crippen LogP contribution < -0.4 is 19.5 Å². The van der Waals surface area contributed by atoms with E-state index < -0.39 is 48.8 Å². The normalized spacial score (nSPS) is 20.9. The molecule has 3 rings (SSSR count). The van der Waals surface area contributed by atoms with Crippen LogP contribution >= 0.6 is 11.6 Å². The predicted molar refractivity (Wildman–Crippen MR) is 174 cm³/mol. The number of carbonyl (C=O) groups is 3. The molecule has 14 heteroatoms. The van der Waals surface area contributed by atoms with Gasteiger partial charge in [-0.25, -0.2) is 0 Å². The van der Waals surface area contributed by atoms with Gasteiger partial charge in [-0.1, -0.05) is 30.2 Å². The van der Waals surface area contributed by atoms with Crippen molar-refractivity contribution >= 4 is 29.3 Å². The molecule has 0 aliphatic carbocycles. The van der Waals surface area contributed by atoms with Gasteiger partial charge < -0.3 is 49.1 Å². The van der Waals surface area contributed by atoms with Crippen LogP contribution in [0.1, 0.15) is 68.8 Å². The van der Waals surface area contributed by atoms with Gasteiger partial charge in [-0.3, -0.25) is 14.4 Å². The Labute approximate surface area is 285 Å². The Morgan fingerprint density at radius 2 is 1.62 bits per heavy atom. The summed E-state index contributed by atoms with van der Waals surface area (Å²) in [6, 6.07) is 8.65. The molecule has 0 aromatic heterocycles. The Morgan fingerprint density at radius 1 is 0.938 bits per heavy atom. The fourth-order valence-electron chi connectivity index (χ4n) is 4.90. The number of aliphatic hydroxyl groups is 3. The number of carbonyl (C=O) groups excluding carboxylic acids is 3. The summed E-state index contributed by atoms with van der Waals surface area (Å²) in [4.78, 5) is 37.2. The SMILES string of the molecule is COc1cc(OCc2ccc(OCC(=O)CCCCCC(=O)OC(C)(C)C)cc2)c(Cl)cc1C(=O)N[C@H]1[C@@H](OC)O[C@H](CO)[C@@H](O)[C@@H]1O. The number of hydrogen-bond donors (Lipinski definition) is 4. The predicted octanol–water partition coefficient (Wildman–Crippen LogP) is 3.35. The molecule has 0 unspecified atom stereocenters. The quantitative estimate of drug-likeness (QED) is 0.140. The van der Waals surface area contributed by atoms with Crippen LogP contribution in [-0.4, -0.2) is 96.7 Å². The third kappa shape index (κ3) is 11.6. The van der Waals surface area contributed by atoms with Crippen molar-refractivity contribution in [1.82, 2.24) is 5.32 Å². The second-order valence-corrected chi connectivity index (χ2v) is 12.7. The molecule has 0 saturated carbocycles. The number of ketones is 1. The maximum absolute atomic E-state index is 13.2. The van der Waals surface area contributed by atoms with Gasteiger partial charge in [-0.15, -0.1) is 0 Å². The number of amides is 1.